The lowest BCUT2D eigenvalue weighted by molar-refractivity contribution is -0.130. The summed E-state index contributed by atoms with van der Waals surface area (Å²) in [6, 6.07) is 1.90. The number of carbonyl (C=O) groups excluding carboxylic acids is 1. The average molecular weight is 301 g/mol. The molecule has 1 saturated heterocycles. The Hall–Kier alpha value is -2.44. The topological polar surface area (TPSA) is 75.4 Å². The molecule has 1 aliphatic heterocycles. The molecule has 1 atom stereocenters. The maximum absolute atomic E-state index is 12.6. The van der Waals surface area contributed by atoms with Crippen molar-refractivity contribution in [3.8, 4) is 0 Å². The van der Waals surface area contributed by atoms with E-state index in [0.717, 1.165) is 30.8 Å². The molecule has 1 fully saturated rings. The molecule has 0 bridgehead atoms. The van der Waals surface area contributed by atoms with Crippen molar-refractivity contribution in [2.24, 2.45) is 0 Å². The number of aromatic nitrogens is 3. The third-order valence-electron chi connectivity index (χ3n) is 3.86. The van der Waals surface area contributed by atoms with Crippen LogP contribution in [0, 0.1) is 6.92 Å². The summed E-state index contributed by atoms with van der Waals surface area (Å²) in [5, 5.41) is 3.92. The number of carbonyl (C=O) groups is 1. The van der Waals surface area contributed by atoms with Crippen molar-refractivity contribution >= 4 is 11.7 Å². The van der Waals surface area contributed by atoms with Gasteiger partial charge in [0.25, 0.3) is 0 Å². The molecule has 7 heteroatoms. The van der Waals surface area contributed by atoms with Crippen LogP contribution in [-0.4, -0.2) is 46.1 Å². The minimum Gasteiger partial charge on any atom is -0.359 e. The number of amides is 1. The van der Waals surface area contributed by atoms with Crippen molar-refractivity contribution in [2.75, 3.05) is 25.0 Å². The third-order valence-corrected chi connectivity index (χ3v) is 3.86. The lowest BCUT2D eigenvalue weighted by Crippen LogP contribution is -2.38. The molecule has 1 aliphatic rings. The molecule has 2 aromatic heterocycles. The summed E-state index contributed by atoms with van der Waals surface area (Å²) in [7, 11) is 1.84. The zero-order valence-corrected chi connectivity index (χ0v) is 12.8. The fraction of sp³-hybridized carbons (Fsp3) is 0.467. The zero-order valence-electron chi connectivity index (χ0n) is 12.8. The Bertz CT molecular complexity index is 642. The molecule has 3 heterocycles. The highest BCUT2D eigenvalue weighted by Gasteiger charge is 2.32. The number of likely N-dealkylation sites (tertiary alicyclic amines) is 1. The zero-order chi connectivity index (χ0) is 15.5. The Kier molecular flexibility index (Phi) is 4.04. The van der Waals surface area contributed by atoms with Gasteiger partial charge < -0.3 is 14.3 Å². The van der Waals surface area contributed by atoms with Gasteiger partial charge in [0.15, 0.2) is 5.76 Å². The summed E-state index contributed by atoms with van der Waals surface area (Å²) in [4.78, 5) is 24.5. The molecule has 0 N–H and O–H groups in total. The minimum absolute atomic E-state index is 0.0102. The second-order valence-electron chi connectivity index (χ2n) is 5.54. The van der Waals surface area contributed by atoms with Crippen LogP contribution in [0.25, 0.3) is 0 Å². The molecule has 0 saturated carbocycles. The minimum atomic E-state index is -0.0102. The van der Waals surface area contributed by atoms with Gasteiger partial charge >= 0.3 is 0 Å². The van der Waals surface area contributed by atoms with Gasteiger partial charge in [0.1, 0.15) is 5.82 Å². The van der Waals surface area contributed by atoms with Crippen LogP contribution < -0.4 is 4.90 Å². The number of likely N-dealkylation sites (N-methyl/N-ethyl adjacent to an activating group) is 1. The van der Waals surface area contributed by atoms with E-state index in [1.165, 1.54) is 0 Å². The van der Waals surface area contributed by atoms with Crippen LogP contribution >= 0.6 is 0 Å². The number of aryl methyl sites for hydroxylation is 1. The molecular formula is C15H19N5O2. The van der Waals surface area contributed by atoms with Gasteiger partial charge in [0.05, 0.1) is 24.5 Å². The van der Waals surface area contributed by atoms with Crippen molar-refractivity contribution in [1.82, 2.24) is 20.0 Å². The molecule has 1 amide bonds. The number of hydrogen-bond acceptors (Lipinski definition) is 6. The Morgan fingerprint density at radius 1 is 1.50 bits per heavy atom. The lowest BCUT2D eigenvalue weighted by atomic mass is 10.1. The highest BCUT2D eigenvalue weighted by atomic mass is 16.5. The Labute approximate surface area is 128 Å². The average Bonchev–Trinajstić information content (AvgIpc) is 3.16. The number of hydrogen-bond donors (Lipinski definition) is 0. The fourth-order valence-corrected chi connectivity index (χ4v) is 2.76. The summed E-state index contributed by atoms with van der Waals surface area (Å²) in [5.74, 6) is 1.51. The fourth-order valence-electron chi connectivity index (χ4n) is 2.76. The van der Waals surface area contributed by atoms with Crippen molar-refractivity contribution in [2.45, 2.75) is 25.8 Å². The van der Waals surface area contributed by atoms with Crippen molar-refractivity contribution < 1.29 is 9.32 Å². The predicted octanol–water partition coefficient (Wildman–Crippen LogP) is 1.57. The normalized spacial score (nSPS) is 17.7. The van der Waals surface area contributed by atoms with Crippen LogP contribution in [0.4, 0.5) is 5.82 Å². The molecule has 2 aromatic rings. The molecule has 22 heavy (non-hydrogen) atoms. The van der Waals surface area contributed by atoms with E-state index >= 15 is 0 Å². The first-order valence-electron chi connectivity index (χ1n) is 7.35. The standard InChI is InChI=1S/C15H19N5O2/c1-11-8-13(22-18-11)12-4-3-7-20(12)15(21)10-19(2)14-9-16-5-6-17-14/h5-6,8-9,12H,3-4,7,10H2,1-2H3. The second kappa shape index (κ2) is 6.13. The number of nitrogens with zero attached hydrogens (tertiary/aromatic N) is 5. The molecule has 116 valence electrons. The molecule has 0 aliphatic carbocycles. The van der Waals surface area contributed by atoms with E-state index in [1.807, 2.05) is 24.9 Å². The van der Waals surface area contributed by atoms with E-state index in [2.05, 4.69) is 15.1 Å². The summed E-state index contributed by atoms with van der Waals surface area (Å²) < 4.78 is 5.34. The van der Waals surface area contributed by atoms with Gasteiger partial charge in [-0.2, -0.15) is 0 Å². The van der Waals surface area contributed by atoms with E-state index in [1.54, 1.807) is 23.5 Å². The Morgan fingerprint density at radius 3 is 3.05 bits per heavy atom. The predicted molar refractivity (Wildman–Crippen MR) is 80.2 cm³/mol. The number of anilines is 1. The van der Waals surface area contributed by atoms with Crippen LogP contribution in [0.1, 0.15) is 30.3 Å². The second-order valence-corrected chi connectivity index (χ2v) is 5.54. The highest BCUT2D eigenvalue weighted by Crippen LogP contribution is 2.32. The first kappa shape index (κ1) is 14.5. The molecule has 1 unspecified atom stereocenters. The highest BCUT2D eigenvalue weighted by molar-refractivity contribution is 5.81. The van der Waals surface area contributed by atoms with Crippen molar-refractivity contribution in [1.29, 1.82) is 0 Å². The van der Waals surface area contributed by atoms with Gasteiger partial charge in [-0.25, -0.2) is 4.98 Å². The first-order chi connectivity index (χ1) is 10.6. The maximum Gasteiger partial charge on any atom is 0.242 e. The van der Waals surface area contributed by atoms with Gasteiger partial charge in [-0.3, -0.25) is 9.78 Å². The lowest BCUT2D eigenvalue weighted by Gasteiger charge is -2.25. The summed E-state index contributed by atoms with van der Waals surface area (Å²) in [6.07, 6.45) is 6.77. The van der Waals surface area contributed by atoms with E-state index in [9.17, 15) is 4.79 Å². The van der Waals surface area contributed by atoms with Crippen LogP contribution in [-0.2, 0) is 4.79 Å². The van der Waals surface area contributed by atoms with Crippen LogP contribution in [0.5, 0.6) is 0 Å². The van der Waals surface area contributed by atoms with Gasteiger partial charge in [-0.1, -0.05) is 5.16 Å². The monoisotopic (exact) mass is 301 g/mol. The smallest absolute Gasteiger partial charge is 0.242 e. The first-order valence-corrected chi connectivity index (χ1v) is 7.35. The molecule has 0 aromatic carbocycles. The molecular weight excluding hydrogens is 282 g/mol. The molecule has 0 spiro atoms. The molecule has 0 radical (unpaired) electrons. The van der Waals surface area contributed by atoms with Crippen LogP contribution in [0.3, 0.4) is 0 Å². The van der Waals surface area contributed by atoms with Crippen molar-refractivity contribution in [3.63, 3.8) is 0 Å². The summed E-state index contributed by atoms with van der Waals surface area (Å²) >= 11 is 0. The number of rotatable bonds is 4. The van der Waals surface area contributed by atoms with Gasteiger partial charge in [0, 0.05) is 32.1 Å². The van der Waals surface area contributed by atoms with Crippen LogP contribution in [0.2, 0.25) is 0 Å². The largest absolute Gasteiger partial charge is 0.359 e. The van der Waals surface area contributed by atoms with Crippen LogP contribution in [0.15, 0.2) is 29.2 Å². The maximum atomic E-state index is 12.6. The van der Waals surface area contributed by atoms with E-state index < -0.39 is 0 Å². The third kappa shape index (κ3) is 2.93. The van der Waals surface area contributed by atoms with Gasteiger partial charge in [-0.05, 0) is 19.8 Å². The molecule has 7 nitrogen and oxygen atoms in total. The summed E-state index contributed by atoms with van der Waals surface area (Å²) in [5.41, 5.74) is 0.839. The van der Waals surface area contributed by atoms with Crippen molar-refractivity contribution in [3.05, 3.63) is 36.1 Å². The van der Waals surface area contributed by atoms with E-state index in [0.29, 0.717) is 5.82 Å². The van der Waals surface area contributed by atoms with Gasteiger partial charge in [0.2, 0.25) is 5.91 Å². The quantitative estimate of drug-likeness (QED) is 0.853. The Morgan fingerprint density at radius 2 is 2.36 bits per heavy atom. The SMILES string of the molecule is Cc1cc(C2CCCN2C(=O)CN(C)c2cnccn2)on1. The summed E-state index contributed by atoms with van der Waals surface area (Å²) in [6.45, 7) is 2.90. The molecule has 3 rings (SSSR count). The van der Waals surface area contributed by atoms with Gasteiger partial charge in [-0.15, -0.1) is 0 Å². The van der Waals surface area contributed by atoms with E-state index in [-0.39, 0.29) is 18.5 Å². The Balaban J connectivity index is 1.69. The van der Waals surface area contributed by atoms with E-state index in [4.69, 9.17) is 4.52 Å².